The van der Waals surface area contributed by atoms with Crippen LogP contribution in [0.15, 0.2) is 66.7 Å². The van der Waals surface area contributed by atoms with Crippen LogP contribution >= 0.6 is 0 Å². The summed E-state index contributed by atoms with van der Waals surface area (Å²) < 4.78 is 50.5. The Labute approximate surface area is 216 Å². The van der Waals surface area contributed by atoms with E-state index in [1.807, 2.05) is 0 Å². The molecular weight excluding hydrogens is 500 g/mol. The Kier molecular flexibility index (Phi) is 8.00. The molecule has 0 amide bonds. The van der Waals surface area contributed by atoms with Crippen LogP contribution in [0.5, 0.6) is 23.0 Å². The summed E-state index contributed by atoms with van der Waals surface area (Å²) in [5.74, 6) is -0.0935. The van der Waals surface area contributed by atoms with Crippen molar-refractivity contribution in [2.24, 2.45) is 0 Å². The molecule has 0 aliphatic heterocycles. The third-order valence-electron chi connectivity index (χ3n) is 5.63. The number of Topliss-reactive ketones (excluding diaryl/α,β-unsaturated/α-hetero) is 1. The van der Waals surface area contributed by atoms with Gasteiger partial charge < -0.3 is 23.7 Å². The molecule has 1 heterocycles. The van der Waals surface area contributed by atoms with Gasteiger partial charge in [-0.2, -0.15) is 8.78 Å². The zero-order valence-corrected chi connectivity index (χ0v) is 20.7. The van der Waals surface area contributed by atoms with Crippen molar-refractivity contribution in [1.82, 2.24) is 4.98 Å². The maximum atomic E-state index is 13.1. The first-order valence-electron chi connectivity index (χ1n) is 11.3. The predicted molar refractivity (Wildman–Crippen MR) is 135 cm³/mol. The quantitative estimate of drug-likeness (QED) is 0.197. The molecule has 3 aromatic carbocycles. The third kappa shape index (κ3) is 5.64. The molecule has 196 valence electrons. The number of aromatic nitrogens is 1. The van der Waals surface area contributed by atoms with Crippen molar-refractivity contribution in [1.29, 1.82) is 0 Å². The average Bonchev–Trinajstić information content (AvgIpc) is 2.94. The summed E-state index contributed by atoms with van der Waals surface area (Å²) in [5.41, 5.74) is 1.95. The zero-order valence-electron chi connectivity index (χ0n) is 20.7. The van der Waals surface area contributed by atoms with E-state index in [-0.39, 0.29) is 16.9 Å². The van der Waals surface area contributed by atoms with Gasteiger partial charge in [0.15, 0.2) is 23.9 Å². The molecule has 38 heavy (non-hydrogen) atoms. The van der Waals surface area contributed by atoms with Gasteiger partial charge in [-0.15, -0.1) is 0 Å². The number of fused-ring (bicyclic) bond motifs is 1. The van der Waals surface area contributed by atoms with E-state index in [2.05, 4.69) is 9.72 Å². The van der Waals surface area contributed by atoms with Gasteiger partial charge in [0.25, 0.3) is 0 Å². The van der Waals surface area contributed by atoms with Crippen LogP contribution < -0.4 is 18.9 Å². The lowest BCUT2D eigenvalue weighted by atomic mass is 10.0. The molecule has 0 aliphatic carbocycles. The van der Waals surface area contributed by atoms with Gasteiger partial charge >= 0.3 is 12.6 Å². The number of hydrogen-bond acceptors (Lipinski definition) is 8. The highest BCUT2D eigenvalue weighted by Gasteiger charge is 2.20. The molecule has 0 aliphatic rings. The maximum absolute atomic E-state index is 13.1. The van der Waals surface area contributed by atoms with Crippen LogP contribution in [0.25, 0.3) is 22.2 Å². The Hall–Kier alpha value is -4.73. The summed E-state index contributed by atoms with van der Waals surface area (Å²) in [5, 5.41) is 0.537. The first-order valence-corrected chi connectivity index (χ1v) is 11.3. The first-order chi connectivity index (χ1) is 18.3. The topological polar surface area (TPSA) is 93.2 Å². The van der Waals surface area contributed by atoms with E-state index in [9.17, 15) is 18.4 Å². The molecular formula is C28H23F2NO7. The highest BCUT2D eigenvalue weighted by atomic mass is 19.3. The van der Waals surface area contributed by atoms with Crippen molar-refractivity contribution in [2.45, 2.75) is 6.61 Å². The minimum Gasteiger partial charge on any atom is -0.493 e. The Morgan fingerprint density at radius 3 is 2.13 bits per heavy atom. The number of hydrogen-bond donors (Lipinski definition) is 0. The average molecular weight is 523 g/mol. The smallest absolute Gasteiger partial charge is 0.387 e. The van der Waals surface area contributed by atoms with E-state index in [1.54, 1.807) is 42.5 Å². The van der Waals surface area contributed by atoms with Crippen LogP contribution in [0.1, 0.15) is 20.7 Å². The number of esters is 1. The highest BCUT2D eigenvalue weighted by molar-refractivity contribution is 6.06. The van der Waals surface area contributed by atoms with E-state index in [4.69, 9.17) is 18.9 Å². The van der Waals surface area contributed by atoms with Crippen molar-refractivity contribution >= 4 is 22.7 Å². The fraction of sp³-hybridized carbons (Fsp3) is 0.179. The number of carbonyl (C=O) groups excluding carboxylic acids is 2. The van der Waals surface area contributed by atoms with Crippen molar-refractivity contribution in [3.8, 4) is 34.3 Å². The molecule has 4 rings (SSSR count). The van der Waals surface area contributed by atoms with Crippen LogP contribution in [-0.4, -0.2) is 51.3 Å². The number of para-hydroxylation sites is 1. The van der Waals surface area contributed by atoms with E-state index in [1.165, 1.54) is 45.6 Å². The maximum Gasteiger partial charge on any atom is 0.387 e. The van der Waals surface area contributed by atoms with Crippen LogP contribution in [0.3, 0.4) is 0 Å². The summed E-state index contributed by atoms with van der Waals surface area (Å²) in [4.78, 5) is 30.3. The second kappa shape index (κ2) is 11.5. The number of nitrogens with zero attached hydrogens (tertiary/aromatic N) is 1. The zero-order chi connectivity index (χ0) is 27.2. The molecule has 1 aromatic heterocycles. The van der Waals surface area contributed by atoms with Crippen molar-refractivity contribution < 1.29 is 42.1 Å². The summed E-state index contributed by atoms with van der Waals surface area (Å²) in [6.07, 6.45) is 0. The minimum absolute atomic E-state index is 0.0869. The number of ether oxygens (including phenoxy) is 5. The molecule has 4 aromatic rings. The van der Waals surface area contributed by atoms with Gasteiger partial charge in [-0.1, -0.05) is 18.2 Å². The van der Waals surface area contributed by atoms with Gasteiger partial charge in [0.05, 0.1) is 38.1 Å². The Morgan fingerprint density at radius 2 is 1.53 bits per heavy atom. The SMILES string of the molecule is COc1cc(-c2cc(C(=O)OCC(=O)c3ccc(OC(F)F)cc3)c3ccccc3n2)cc(OC)c1OC. The van der Waals surface area contributed by atoms with Crippen LogP contribution in [0.2, 0.25) is 0 Å². The predicted octanol–water partition coefficient (Wildman–Crippen LogP) is 5.57. The number of ketones is 1. The fourth-order valence-corrected chi connectivity index (χ4v) is 3.84. The van der Waals surface area contributed by atoms with E-state index >= 15 is 0 Å². The molecule has 0 N–H and O–H groups in total. The number of alkyl halides is 2. The highest BCUT2D eigenvalue weighted by Crippen LogP contribution is 2.41. The molecule has 0 bridgehead atoms. The lowest BCUT2D eigenvalue weighted by Crippen LogP contribution is -2.15. The van der Waals surface area contributed by atoms with Gasteiger partial charge in [-0.05, 0) is 48.5 Å². The lowest BCUT2D eigenvalue weighted by molar-refractivity contribution is -0.0498. The number of methoxy groups -OCH3 is 3. The van der Waals surface area contributed by atoms with Crippen LogP contribution in [0, 0.1) is 0 Å². The first kappa shape index (κ1) is 26.3. The minimum atomic E-state index is -2.97. The summed E-state index contributed by atoms with van der Waals surface area (Å²) >= 11 is 0. The largest absolute Gasteiger partial charge is 0.493 e. The number of rotatable bonds is 10. The monoisotopic (exact) mass is 523 g/mol. The summed E-state index contributed by atoms with van der Waals surface area (Å²) in [7, 11) is 4.48. The van der Waals surface area contributed by atoms with Crippen molar-refractivity contribution in [2.75, 3.05) is 27.9 Å². The number of pyridine rings is 1. The lowest BCUT2D eigenvalue weighted by Gasteiger charge is -2.15. The van der Waals surface area contributed by atoms with Gasteiger partial charge in [0, 0.05) is 16.5 Å². The molecule has 0 spiro atoms. The van der Waals surface area contributed by atoms with Crippen LogP contribution in [-0.2, 0) is 4.74 Å². The second-order valence-electron chi connectivity index (χ2n) is 7.89. The number of benzene rings is 3. The molecule has 0 unspecified atom stereocenters. The Morgan fingerprint density at radius 1 is 0.868 bits per heavy atom. The summed E-state index contributed by atoms with van der Waals surface area (Å²) in [6, 6.07) is 17.1. The molecule has 0 radical (unpaired) electrons. The summed E-state index contributed by atoms with van der Waals surface area (Å²) in [6.45, 7) is -3.53. The molecule has 0 saturated heterocycles. The van der Waals surface area contributed by atoms with Gasteiger partial charge in [-0.3, -0.25) is 4.79 Å². The molecule has 10 heteroatoms. The van der Waals surface area contributed by atoms with Crippen molar-refractivity contribution in [3.05, 3.63) is 77.9 Å². The van der Waals surface area contributed by atoms with E-state index < -0.39 is 25.0 Å². The van der Waals surface area contributed by atoms with E-state index in [0.29, 0.717) is 39.4 Å². The Bertz CT molecular complexity index is 1450. The molecule has 0 saturated carbocycles. The van der Waals surface area contributed by atoms with Crippen LogP contribution in [0.4, 0.5) is 8.78 Å². The molecule has 8 nitrogen and oxygen atoms in total. The van der Waals surface area contributed by atoms with E-state index in [0.717, 1.165) is 0 Å². The van der Waals surface area contributed by atoms with Gasteiger partial charge in [0.2, 0.25) is 5.75 Å². The Balaban J connectivity index is 1.63. The normalized spacial score (nSPS) is 10.8. The third-order valence-corrected chi connectivity index (χ3v) is 5.63. The van der Waals surface area contributed by atoms with Crippen molar-refractivity contribution in [3.63, 3.8) is 0 Å². The molecule has 0 atom stereocenters. The number of carbonyl (C=O) groups is 2. The standard InChI is InChI=1S/C28H23F2NO7/c1-34-24-12-17(13-25(35-2)26(24)36-3)22-14-20(19-6-4-5-7-21(19)31-22)27(33)37-15-23(32)16-8-10-18(11-9-16)38-28(29)30/h4-14,28H,15H2,1-3H3. The van der Waals surface area contributed by atoms with Gasteiger partial charge in [0.1, 0.15) is 5.75 Å². The van der Waals surface area contributed by atoms with Gasteiger partial charge in [-0.25, -0.2) is 9.78 Å². The second-order valence-corrected chi connectivity index (χ2v) is 7.89. The molecule has 0 fully saturated rings. The number of halogens is 2. The fourth-order valence-electron chi connectivity index (χ4n) is 3.84.